The zero-order valence-electron chi connectivity index (χ0n) is 11.2. The molecule has 0 radical (unpaired) electrons. The van der Waals surface area contributed by atoms with Gasteiger partial charge >= 0.3 is 0 Å². The van der Waals surface area contributed by atoms with Crippen molar-refractivity contribution in [2.75, 3.05) is 11.9 Å². The molecular weight excluding hydrogens is 241 g/mol. The number of aliphatic hydroxyl groups excluding tert-OH is 1. The Kier molecular flexibility index (Phi) is 4.17. The van der Waals surface area contributed by atoms with Crippen molar-refractivity contribution in [3.8, 4) is 0 Å². The van der Waals surface area contributed by atoms with Crippen molar-refractivity contribution in [3.63, 3.8) is 0 Å². The summed E-state index contributed by atoms with van der Waals surface area (Å²) in [5.74, 6) is -0.182. The maximum absolute atomic E-state index is 13.6. The predicted molar refractivity (Wildman–Crippen MR) is 75.6 cm³/mol. The van der Waals surface area contributed by atoms with Crippen LogP contribution in [0.15, 0.2) is 42.5 Å². The lowest BCUT2D eigenvalue weighted by Crippen LogP contribution is -2.17. The van der Waals surface area contributed by atoms with E-state index in [1.54, 1.807) is 12.1 Å². The molecule has 2 aromatic carbocycles. The highest BCUT2D eigenvalue weighted by Crippen LogP contribution is 2.20. The first kappa shape index (κ1) is 13.6. The Labute approximate surface area is 113 Å². The van der Waals surface area contributed by atoms with Crippen LogP contribution in [0.25, 0.3) is 0 Å². The minimum Gasteiger partial charge on any atom is -0.392 e. The first-order valence-corrected chi connectivity index (χ1v) is 6.26. The maximum atomic E-state index is 13.6. The number of hydrogen-bond acceptors (Lipinski definition) is 2. The average Bonchev–Trinajstić information content (AvgIpc) is 2.41. The summed E-state index contributed by atoms with van der Waals surface area (Å²) in [6, 6.07) is 12.7. The lowest BCUT2D eigenvalue weighted by molar-refractivity contribution is 0.281. The largest absolute Gasteiger partial charge is 0.392 e. The Morgan fingerprint density at radius 1 is 1.11 bits per heavy atom. The third-order valence-electron chi connectivity index (χ3n) is 3.30. The van der Waals surface area contributed by atoms with Crippen molar-refractivity contribution in [1.82, 2.24) is 0 Å². The monoisotopic (exact) mass is 259 g/mol. The van der Waals surface area contributed by atoms with Gasteiger partial charge in [0.25, 0.3) is 0 Å². The third kappa shape index (κ3) is 3.12. The van der Waals surface area contributed by atoms with Crippen LogP contribution in [-0.2, 0) is 13.2 Å². The Morgan fingerprint density at radius 3 is 2.47 bits per heavy atom. The number of benzene rings is 2. The van der Waals surface area contributed by atoms with Crippen molar-refractivity contribution in [2.24, 2.45) is 0 Å². The smallest absolute Gasteiger partial charge is 0.128 e. The van der Waals surface area contributed by atoms with E-state index in [0.717, 1.165) is 16.8 Å². The highest BCUT2D eigenvalue weighted by molar-refractivity contribution is 5.50. The fraction of sp³-hybridized carbons (Fsp3) is 0.250. The van der Waals surface area contributed by atoms with E-state index in [1.807, 2.05) is 43.1 Å². The quantitative estimate of drug-likeness (QED) is 0.911. The molecule has 0 saturated heterocycles. The summed E-state index contributed by atoms with van der Waals surface area (Å²) in [4.78, 5) is 1.99. The topological polar surface area (TPSA) is 23.5 Å². The molecule has 0 amide bonds. The standard InChI is InChI=1S/C16H18FNO/c1-12-9-15(8-7-14(12)11-19)18(2)10-13-5-3-4-6-16(13)17/h3-9,19H,10-11H2,1-2H3. The molecule has 19 heavy (non-hydrogen) atoms. The highest BCUT2D eigenvalue weighted by atomic mass is 19.1. The van der Waals surface area contributed by atoms with Crippen LogP contribution in [0.4, 0.5) is 10.1 Å². The van der Waals surface area contributed by atoms with Gasteiger partial charge in [0, 0.05) is 24.8 Å². The molecule has 0 atom stereocenters. The number of hydrogen-bond donors (Lipinski definition) is 1. The summed E-state index contributed by atoms with van der Waals surface area (Å²) < 4.78 is 13.6. The third-order valence-corrected chi connectivity index (χ3v) is 3.30. The van der Waals surface area contributed by atoms with Crippen LogP contribution < -0.4 is 4.90 Å². The molecule has 0 spiro atoms. The van der Waals surface area contributed by atoms with Gasteiger partial charge in [-0.3, -0.25) is 0 Å². The molecule has 2 rings (SSSR count). The number of anilines is 1. The molecule has 1 N–H and O–H groups in total. The summed E-state index contributed by atoms with van der Waals surface area (Å²) in [7, 11) is 1.93. The average molecular weight is 259 g/mol. The first-order chi connectivity index (χ1) is 9.11. The van der Waals surface area contributed by atoms with E-state index in [4.69, 9.17) is 5.11 Å². The fourth-order valence-electron chi connectivity index (χ4n) is 2.07. The van der Waals surface area contributed by atoms with E-state index in [1.165, 1.54) is 6.07 Å². The maximum Gasteiger partial charge on any atom is 0.128 e. The van der Waals surface area contributed by atoms with Gasteiger partial charge < -0.3 is 10.0 Å². The van der Waals surface area contributed by atoms with Crippen molar-refractivity contribution < 1.29 is 9.50 Å². The van der Waals surface area contributed by atoms with Crippen LogP contribution in [0.2, 0.25) is 0 Å². The number of aryl methyl sites for hydroxylation is 1. The summed E-state index contributed by atoms with van der Waals surface area (Å²) in [5.41, 5.74) is 3.65. The van der Waals surface area contributed by atoms with Crippen molar-refractivity contribution in [3.05, 3.63) is 65.0 Å². The van der Waals surface area contributed by atoms with Crippen LogP contribution in [-0.4, -0.2) is 12.2 Å². The second-order valence-corrected chi connectivity index (χ2v) is 4.72. The van der Waals surface area contributed by atoms with Gasteiger partial charge in [-0.15, -0.1) is 0 Å². The van der Waals surface area contributed by atoms with Crippen LogP contribution in [0.3, 0.4) is 0 Å². The molecule has 100 valence electrons. The van der Waals surface area contributed by atoms with Crippen molar-refractivity contribution >= 4 is 5.69 Å². The summed E-state index contributed by atoms with van der Waals surface area (Å²) in [5, 5.41) is 9.16. The predicted octanol–water partition coefficient (Wildman–Crippen LogP) is 3.26. The second-order valence-electron chi connectivity index (χ2n) is 4.72. The van der Waals surface area contributed by atoms with Gasteiger partial charge in [-0.2, -0.15) is 0 Å². The Hall–Kier alpha value is -1.87. The minimum atomic E-state index is -0.182. The summed E-state index contributed by atoms with van der Waals surface area (Å²) >= 11 is 0. The van der Waals surface area contributed by atoms with E-state index < -0.39 is 0 Å². The minimum absolute atomic E-state index is 0.0448. The molecular formula is C16H18FNO. The molecule has 0 heterocycles. The van der Waals surface area contributed by atoms with Gasteiger partial charge in [-0.05, 0) is 36.2 Å². The zero-order valence-corrected chi connectivity index (χ0v) is 11.2. The number of aliphatic hydroxyl groups is 1. The van der Waals surface area contributed by atoms with Crippen molar-refractivity contribution in [1.29, 1.82) is 0 Å². The van der Waals surface area contributed by atoms with Crippen LogP contribution in [0, 0.1) is 12.7 Å². The normalized spacial score (nSPS) is 10.5. The fourth-order valence-corrected chi connectivity index (χ4v) is 2.07. The van der Waals surface area contributed by atoms with Crippen LogP contribution in [0.1, 0.15) is 16.7 Å². The van der Waals surface area contributed by atoms with Crippen LogP contribution >= 0.6 is 0 Å². The summed E-state index contributed by atoms with van der Waals surface area (Å²) in [6.45, 7) is 2.53. The molecule has 0 aliphatic carbocycles. The zero-order chi connectivity index (χ0) is 13.8. The van der Waals surface area contributed by atoms with E-state index in [9.17, 15) is 4.39 Å². The molecule has 2 nitrogen and oxygen atoms in total. The molecule has 0 aromatic heterocycles. The van der Waals surface area contributed by atoms with Gasteiger partial charge in [-0.1, -0.05) is 24.3 Å². The molecule has 0 aliphatic rings. The van der Waals surface area contributed by atoms with Crippen molar-refractivity contribution in [2.45, 2.75) is 20.1 Å². The van der Waals surface area contributed by atoms with E-state index in [2.05, 4.69) is 0 Å². The first-order valence-electron chi connectivity index (χ1n) is 6.26. The molecule has 3 heteroatoms. The van der Waals surface area contributed by atoms with Gasteiger partial charge in [0.2, 0.25) is 0 Å². The Morgan fingerprint density at radius 2 is 1.84 bits per heavy atom. The second kappa shape index (κ2) is 5.85. The molecule has 2 aromatic rings. The van der Waals surface area contributed by atoms with Gasteiger partial charge in [0.15, 0.2) is 0 Å². The van der Waals surface area contributed by atoms with Gasteiger partial charge in [-0.25, -0.2) is 4.39 Å². The number of rotatable bonds is 4. The Balaban J connectivity index is 2.18. The molecule has 0 aliphatic heterocycles. The van der Waals surface area contributed by atoms with Crippen LogP contribution in [0.5, 0.6) is 0 Å². The molecule has 0 bridgehead atoms. The lowest BCUT2D eigenvalue weighted by atomic mass is 10.1. The Bertz CT molecular complexity index is 568. The van der Waals surface area contributed by atoms with Gasteiger partial charge in [0.05, 0.1) is 6.61 Å². The number of nitrogens with zero attached hydrogens (tertiary/aromatic N) is 1. The highest BCUT2D eigenvalue weighted by Gasteiger charge is 2.07. The molecule has 0 fully saturated rings. The molecule has 0 unspecified atom stereocenters. The van der Waals surface area contributed by atoms with E-state index in [-0.39, 0.29) is 12.4 Å². The SMILES string of the molecule is Cc1cc(N(C)Cc2ccccc2F)ccc1CO. The lowest BCUT2D eigenvalue weighted by Gasteiger charge is -2.21. The summed E-state index contributed by atoms with van der Waals surface area (Å²) in [6.07, 6.45) is 0. The van der Waals surface area contributed by atoms with E-state index in [0.29, 0.717) is 12.1 Å². The van der Waals surface area contributed by atoms with Gasteiger partial charge in [0.1, 0.15) is 5.82 Å². The molecule has 0 saturated carbocycles. The number of halogens is 1. The van der Waals surface area contributed by atoms with E-state index >= 15 is 0 Å².